The van der Waals surface area contributed by atoms with Crippen molar-refractivity contribution in [1.29, 1.82) is 0 Å². The molecule has 6 N–H and O–H groups in total. The fourth-order valence-corrected chi connectivity index (χ4v) is 6.97. The number of ketones is 1. The minimum Gasteiger partial charge on any atom is -0.456 e. The quantitative estimate of drug-likeness (QED) is 0.185. The van der Waals surface area contributed by atoms with E-state index in [4.69, 9.17) is 10.5 Å². The van der Waals surface area contributed by atoms with Crippen LogP contribution in [-0.2, 0) is 35.3 Å². The number of likely N-dealkylation sites (tertiary alicyclic amines) is 1. The molecular formula is C35H52N5O7+. The van der Waals surface area contributed by atoms with Gasteiger partial charge < -0.3 is 20.7 Å². The van der Waals surface area contributed by atoms with E-state index in [1.54, 1.807) is 0 Å². The summed E-state index contributed by atoms with van der Waals surface area (Å²) >= 11 is 0. The zero-order valence-electron chi connectivity index (χ0n) is 28.4. The van der Waals surface area contributed by atoms with Crippen LogP contribution >= 0.6 is 0 Å². The van der Waals surface area contributed by atoms with Gasteiger partial charge in [-0.1, -0.05) is 77.8 Å². The van der Waals surface area contributed by atoms with Crippen molar-refractivity contribution in [3.63, 3.8) is 0 Å². The number of nitrogens with zero attached hydrogens (tertiary/aromatic N) is 1. The number of primary amides is 2. The van der Waals surface area contributed by atoms with Crippen LogP contribution in [0.1, 0.15) is 91.5 Å². The number of nitrogens with one attached hydrogen (secondary N) is 2. The molecule has 2 aliphatic carbocycles. The predicted octanol–water partition coefficient (Wildman–Crippen LogP) is 1.94. The third-order valence-corrected chi connectivity index (χ3v) is 9.92. The molecule has 47 heavy (non-hydrogen) atoms. The van der Waals surface area contributed by atoms with Crippen molar-refractivity contribution in [3.05, 3.63) is 35.9 Å². The number of nitrogens with two attached hydrogens (primary N) is 2. The lowest BCUT2D eigenvalue weighted by Crippen LogP contribution is -3.03. The number of Topliss-reactive ketones (excluding diaryl/α,β-unsaturated/α-hetero) is 1. The first-order valence-electron chi connectivity index (χ1n) is 16.9. The summed E-state index contributed by atoms with van der Waals surface area (Å²) in [7, 11) is 0. The van der Waals surface area contributed by atoms with Gasteiger partial charge in [0.1, 0.15) is 18.7 Å². The molecule has 1 aliphatic heterocycles. The third-order valence-electron chi connectivity index (χ3n) is 9.92. The first-order chi connectivity index (χ1) is 22.1. The molecule has 0 aromatic heterocycles. The molecule has 3 fully saturated rings. The molecule has 4 atom stereocenters. The van der Waals surface area contributed by atoms with E-state index < -0.39 is 64.6 Å². The first-order valence-corrected chi connectivity index (χ1v) is 16.9. The summed E-state index contributed by atoms with van der Waals surface area (Å²) in [5.41, 5.74) is 4.31. The molecule has 1 saturated heterocycles. The summed E-state index contributed by atoms with van der Waals surface area (Å²) < 4.78 is 5.66. The van der Waals surface area contributed by atoms with Crippen LogP contribution in [0.5, 0.6) is 0 Å². The van der Waals surface area contributed by atoms with Crippen LogP contribution in [0.2, 0.25) is 0 Å². The van der Waals surface area contributed by atoms with Gasteiger partial charge in [-0.25, -0.2) is 14.9 Å². The molecular weight excluding hydrogens is 602 g/mol. The minimum atomic E-state index is -1.11. The topological polar surface area (TPSA) is 182 Å². The first kappa shape index (κ1) is 36.0. The number of esters is 1. The highest BCUT2D eigenvalue weighted by molar-refractivity contribution is 6.37. The second-order valence-corrected chi connectivity index (χ2v) is 15.0. The standard InChI is InChI=1S/C35H51N5O7/c1-21(2)24-15-18-40(26(24)30(43)37-25(19-22-13-14-22)27(41)29(36)42)31(44)28(34(3,4)5)38-33(46)39-35(16-9-10-17-35)32(45)47-20-23-11-7-6-8-12-23/h6-8,11-12,21-22,24-26,28H,9-10,13-20H2,1-5H3,(H2,36,42)(H,37,43)(H2,38,39,46)/p+1/t24-,25?,26+,28-/m1/s1. The van der Waals surface area contributed by atoms with Crippen LogP contribution in [0.3, 0.4) is 0 Å². The summed E-state index contributed by atoms with van der Waals surface area (Å²) in [6.45, 7) is 9.84. The number of carbonyl (C=O) groups is 6. The summed E-state index contributed by atoms with van der Waals surface area (Å²) in [6, 6.07) is 5.83. The number of quaternary nitrogens is 1. The number of hydrogen-bond donors (Lipinski definition) is 4. The molecule has 12 heteroatoms. The Kier molecular flexibility index (Phi) is 11.5. The lowest BCUT2D eigenvalue weighted by Gasteiger charge is -2.37. The van der Waals surface area contributed by atoms with E-state index in [0.29, 0.717) is 32.2 Å². The van der Waals surface area contributed by atoms with Crippen LogP contribution in [0.25, 0.3) is 0 Å². The van der Waals surface area contributed by atoms with E-state index in [1.165, 1.54) is 10.2 Å². The Balaban J connectivity index is 1.50. The van der Waals surface area contributed by atoms with Crippen LogP contribution in [0, 0.1) is 23.2 Å². The molecule has 0 radical (unpaired) electrons. The Morgan fingerprint density at radius 2 is 1.64 bits per heavy atom. The summed E-state index contributed by atoms with van der Waals surface area (Å²) in [4.78, 5) is 81.1. The van der Waals surface area contributed by atoms with Crippen LogP contribution in [-0.4, -0.2) is 70.6 Å². The van der Waals surface area contributed by atoms with Gasteiger partial charge >= 0.3 is 12.0 Å². The van der Waals surface area contributed by atoms with Crippen molar-refractivity contribution in [2.45, 2.75) is 116 Å². The molecule has 0 bridgehead atoms. The van der Waals surface area contributed by atoms with Gasteiger partial charge in [0.25, 0.3) is 5.91 Å². The Morgan fingerprint density at radius 1 is 1.00 bits per heavy atom. The third kappa shape index (κ3) is 8.97. The van der Waals surface area contributed by atoms with Crippen molar-refractivity contribution < 1.29 is 38.8 Å². The van der Waals surface area contributed by atoms with E-state index in [-0.39, 0.29) is 24.4 Å². The van der Waals surface area contributed by atoms with Gasteiger partial charge in [0.05, 0.1) is 6.04 Å². The Labute approximate surface area is 277 Å². The monoisotopic (exact) mass is 654 g/mol. The largest absolute Gasteiger partial charge is 0.456 e. The fraction of sp³-hybridized carbons (Fsp3) is 0.657. The normalized spacial score (nSPS) is 22.0. The smallest absolute Gasteiger partial charge is 0.414 e. The lowest BCUT2D eigenvalue weighted by atomic mass is 9.84. The molecule has 1 aromatic rings. The average molecular weight is 655 g/mol. The zero-order valence-corrected chi connectivity index (χ0v) is 28.4. The van der Waals surface area contributed by atoms with E-state index in [9.17, 15) is 28.8 Å². The maximum atomic E-state index is 14.3. The molecule has 4 rings (SSSR count). The van der Waals surface area contributed by atoms with Crippen LogP contribution in [0.4, 0.5) is 4.79 Å². The van der Waals surface area contributed by atoms with Gasteiger partial charge in [-0.3, -0.25) is 24.5 Å². The van der Waals surface area contributed by atoms with Crippen molar-refractivity contribution in [1.82, 2.24) is 15.5 Å². The second-order valence-electron chi connectivity index (χ2n) is 15.0. The number of hydrogen-bond acceptors (Lipinski definition) is 7. The number of urea groups is 1. The lowest BCUT2D eigenvalue weighted by molar-refractivity contribution is -0.624. The van der Waals surface area contributed by atoms with Gasteiger partial charge in [0, 0.05) is 19.4 Å². The molecule has 1 heterocycles. The maximum Gasteiger partial charge on any atom is 0.414 e. The molecule has 12 nitrogen and oxygen atoms in total. The molecule has 1 aromatic carbocycles. The maximum absolute atomic E-state index is 14.3. The SMILES string of the molecule is CC(C)[C@H]1CCN(C(=O)[C@@H](NC(=O)[NH2+]C2(C(=O)OCc3ccccc3)CCCC2)C(C)(C)C)[C@@H]1C(=O)NC(CC1CC1)C(=O)C(N)=O. The van der Waals surface area contributed by atoms with E-state index in [1.807, 2.05) is 65.0 Å². The number of ether oxygens (including phenoxy) is 1. The summed E-state index contributed by atoms with van der Waals surface area (Å²) in [5, 5.41) is 7.02. The minimum absolute atomic E-state index is 0.0393. The fourth-order valence-electron chi connectivity index (χ4n) is 6.97. The van der Waals surface area contributed by atoms with Gasteiger partial charge in [-0.2, -0.15) is 0 Å². The molecule has 0 spiro atoms. The Bertz CT molecular complexity index is 1330. The van der Waals surface area contributed by atoms with Crippen molar-refractivity contribution >= 4 is 35.5 Å². The molecule has 5 amide bonds. The van der Waals surface area contributed by atoms with Crippen molar-refractivity contribution in [3.8, 4) is 0 Å². The van der Waals surface area contributed by atoms with Gasteiger partial charge in [-0.15, -0.1) is 0 Å². The van der Waals surface area contributed by atoms with Crippen LogP contribution in [0.15, 0.2) is 30.3 Å². The number of carbonyl (C=O) groups excluding carboxylic acids is 6. The number of amides is 5. The van der Waals surface area contributed by atoms with Gasteiger partial charge in [-0.05, 0) is 54.4 Å². The Hall–Kier alpha value is -3.80. The van der Waals surface area contributed by atoms with E-state index in [0.717, 1.165) is 31.2 Å². The highest BCUT2D eigenvalue weighted by Gasteiger charge is 2.51. The average Bonchev–Trinajstić information content (AvgIpc) is 3.50. The van der Waals surface area contributed by atoms with Crippen LogP contribution < -0.4 is 21.7 Å². The van der Waals surface area contributed by atoms with E-state index >= 15 is 0 Å². The van der Waals surface area contributed by atoms with Gasteiger partial charge in [0.15, 0.2) is 0 Å². The highest BCUT2D eigenvalue weighted by atomic mass is 16.5. The Morgan fingerprint density at radius 3 is 2.19 bits per heavy atom. The van der Waals surface area contributed by atoms with Crippen molar-refractivity contribution in [2.75, 3.05) is 6.54 Å². The molecule has 2 saturated carbocycles. The number of benzene rings is 1. The number of rotatable bonds is 13. The van der Waals surface area contributed by atoms with Gasteiger partial charge in [0.2, 0.25) is 23.1 Å². The second kappa shape index (κ2) is 15.0. The molecule has 1 unspecified atom stereocenters. The zero-order chi connectivity index (χ0) is 34.5. The van der Waals surface area contributed by atoms with Crippen molar-refractivity contribution in [2.24, 2.45) is 28.9 Å². The summed E-state index contributed by atoms with van der Waals surface area (Å²) in [5.74, 6) is -3.27. The highest BCUT2D eigenvalue weighted by Crippen LogP contribution is 2.36. The predicted molar refractivity (Wildman–Crippen MR) is 173 cm³/mol. The summed E-state index contributed by atoms with van der Waals surface area (Å²) in [6.07, 6.45) is 5.20. The molecule has 3 aliphatic rings. The van der Waals surface area contributed by atoms with E-state index in [2.05, 4.69) is 10.6 Å². The molecule has 258 valence electrons.